The molecule has 122 valence electrons. The number of carbonyl (C=O) groups excluding carboxylic acids is 1. The summed E-state index contributed by atoms with van der Waals surface area (Å²) in [5.74, 6) is 0.0847. The number of carbonyl (C=O) groups is 1. The molecule has 0 aliphatic carbocycles. The molecule has 0 radical (unpaired) electrons. The second kappa shape index (κ2) is 6.62. The Morgan fingerprint density at radius 2 is 2.14 bits per heavy atom. The molecule has 3 heterocycles. The molecule has 1 amide bonds. The minimum absolute atomic E-state index is 0.0847. The van der Waals surface area contributed by atoms with Gasteiger partial charge in [0.2, 0.25) is 0 Å². The number of amides is 1. The molecular weight excluding hydrogens is 302 g/mol. The monoisotopic (exact) mass is 325 g/mol. The van der Waals surface area contributed by atoms with Crippen LogP contribution in [-0.4, -0.2) is 72.3 Å². The fraction of sp³-hybridized carbons (Fsp3) is 0.733. The molecule has 3 rings (SSSR count). The molecular formula is C15H23N3O3S. The van der Waals surface area contributed by atoms with Gasteiger partial charge < -0.3 is 14.4 Å². The largest absolute Gasteiger partial charge is 0.378 e. The molecule has 0 saturated carbocycles. The number of hydrogen-bond donors (Lipinski definition) is 0. The van der Waals surface area contributed by atoms with Crippen molar-refractivity contribution in [1.29, 1.82) is 0 Å². The minimum atomic E-state index is -0.756. The summed E-state index contributed by atoms with van der Waals surface area (Å²) < 4.78 is 11.2. The van der Waals surface area contributed by atoms with E-state index in [4.69, 9.17) is 9.47 Å². The van der Waals surface area contributed by atoms with Gasteiger partial charge in [-0.05, 0) is 13.8 Å². The van der Waals surface area contributed by atoms with Crippen molar-refractivity contribution < 1.29 is 14.3 Å². The first-order chi connectivity index (χ1) is 10.6. The van der Waals surface area contributed by atoms with Crippen molar-refractivity contribution in [3.63, 3.8) is 0 Å². The van der Waals surface area contributed by atoms with Crippen LogP contribution in [0.15, 0.2) is 5.51 Å². The molecule has 2 aliphatic heterocycles. The van der Waals surface area contributed by atoms with Crippen LogP contribution in [0.25, 0.3) is 0 Å². The highest BCUT2D eigenvalue weighted by molar-refractivity contribution is 7.09. The standard InChI is InChI=1S/C15H23N3O3S/c1-12-13(22-11-16-12)9-17-3-8-21-15(2,10-17)14(19)18-4-6-20-7-5-18/h11H,3-10H2,1-2H3/t15-/m1/s1. The highest BCUT2D eigenvalue weighted by atomic mass is 32.1. The predicted octanol–water partition coefficient (Wildman–Crippen LogP) is 0.901. The molecule has 6 nitrogen and oxygen atoms in total. The Bertz CT molecular complexity index is 530. The van der Waals surface area contributed by atoms with Crippen molar-refractivity contribution in [3.05, 3.63) is 16.1 Å². The van der Waals surface area contributed by atoms with Crippen LogP contribution in [0.3, 0.4) is 0 Å². The van der Waals surface area contributed by atoms with Gasteiger partial charge in [-0.3, -0.25) is 9.69 Å². The van der Waals surface area contributed by atoms with E-state index < -0.39 is 5.60 Å². The maximum atomic E-state index is 12.8. The quantitative estimate of drug-likeness (QED) is 0.826. The molecule has 0 N–H and O–H groups in total. The van der Waals surface area contributed by atoms with Gasteiger partial charge in [0.15, 0.2) is 5.60 Å². The van der Waals surface area contributed by atoms with Gasteiger partial charge in [-0.2, -0.15) is 0 Å². The summed E-state index contributed by atoms with van der Waals surface area (Å²) in [6.07, 6.45) is 0. The smallest absolute Gasteiger partial charge is 0.256 e. The third-order valence-corrected chi connectivity index (χ3v) is 5.24. The lowest BCUT2D eigenvalue weighted by Crippen LogP contribution is -2.60. The van der Waals surface area contributed by atoms with E-state index in [1.807, 2.05) is 24.3 Å². The molecule has 2 fully saturated rings. The Hall–Kier alpha value is -1.02. The number of morpholine rings is 2. The van der Waals surface area contributed by atoms with E-state index in [0.717, 1.165) is 18.8 Å². The van der Waals surface area contributed by atoms with Crippen LogP contribution in [0.4, 0.5) is 0 Å². The number of nitrogens with zero attached hydrogens (tertiary/aromatic N) is 3. The van der Waals surface area contributed by atoms with Gasteiger partial charge in [0.1, 0.15) is 0 Å². The SMILES string of the molecule is Cc1ncsc1CN1CCO[C@@](C)(C(=O)N2CCOCC2)C1. The molecule has 2 aliphatic rings. The Labute approximate surface area is 135 Å². The zero-order chi connectivity index (χ0) is 15.6. The van der Waals surface area contributed by atoms with Crippen LogP contribution in [0.1, 0.15) is 17.5 Å². The van der Waals surface area contributed by atoms with Gasteiger partial charge in [-0.25, -0.2) is 4.98 Å². The second-order valence-electron chi connectivity index (χ2n) is 6.06. The van der Waals surface area contributed by atoms with Crippen molar-refractivity contribution in [2.24, 2.45) is 0 Å². The lowest BCUT2D eigenvalue weighted by Gasteiger charge is -2.42. The van der Waals surface area contributed by atoms with E-state index in [9.17, 15) is 4.79 Å². The zero-order valence-electron chi connectivity index (χ0n) is 13.2. The Balaban J connectivity index is 1.65. The summed E-state index contributed by atoms with van der Waals surface area (Å²) in [7, 11) is 0. The molecule has 7 heteroatoms. The number of hydrogen-bond acceptors (Lipinski definition) is 6. The summed E-state index contributed by atoms with van der Waals surface area (Å²) in [5, 5.41) is 0. The first-order valence-electron chi connectivity index (χ1n) is 7.71. The Morgan fingerprint density at radius 3 is 2.82 bits per heavy atom. The molecule has 2 saturated heterocycles. The van der Waals surface area contributed by atoms with Gasteiger partial charge >= 0.3 is 0 Å². The predicted molar refractivity (Wildman–Crippen MR) is 83.9 cm³/mol. The van der Waals surface area contributed by atoms with E-state index in [1.54, 1.807) is 11.3 Å². The average molecular weight is 325 g/mol. The molecule has 22 heavy (non-hydrogen) atoms. The summed E-state index contributed by atoms with van der Waals surface area (Å²) in [6, 6.07) is 0. The second-order valence-corrected chi connectivity index (χ2v) is 6.99. The van der Waals surface area contributed by atoms with E-state index in [2.05, 4.69) is 9.88 Å². The van der Waals surface area contributed by atoms with Crippen molar-refractivity contribution in [2.75, 3.05) is 46.0 Å². The topological polar surface area (TPSA) is 54.9 Å². The highest BCUT2D eigenvalue weighted by Gasteiger charge is 2.42. The lowest BCUT2D eigenvalue weighted by atomic mass is 10.0. The number of ether oxygens (including phenoxy) is 2. The molecule has 1 aromatic heterocycles. The van der Waals surface area contributed by atoms with Crippen molar-refractivity contribution >= 4 is 17.2 Å². The molecule has 1 atom stereocenters. The summed E-state index contributed by atoms with van der Waals surface area (Å²) in [4.78, 5) is 22.5. The lowest BCUT2D eigenvalue weighted by molar-refractivity contribution is -0.171. The number of rotatable bonds is 3. The summed E-state index contributed by atoms with van der Waals surface area (Å²) in [6.45, 7) is 9.40. The van der Waals surface area contributed by atoms with E-state index in [1.165, 1.54) is 4.88 Å². The third kappa shape index (κ3) is 3.32. The Kier molecular flexibility index (Phi) is 4.77. The molecule has 0 unspecified atom stereocenters. The van der Waals surface area contributed by atoms with E-state index in [0.29, 0.717) is 39.5 Å². The average Bonchev–Trinajstić information content (AvgIpc) is 2.93. The van der Waals surface area contributed by atoms with Gasteiger partial charge in [-0.1, -0.05) is 0 Å². The zero-order valence-corrected chi connectivity index (χ0v) is 14.0. The van der Waals surface area contributed by atoms with Gasteiger partial charge in [0.25, 0.3) is 5.91 Å². The number of aryl methyl sites for hydroxylation is 1. The highest BCUT2D eigenvalue weighted by Crippen LogP contribution is 2.24. The fourth-order valence-electron chi connectivity index (χ4n) is 3.00. The molecule has 1 aromatic rings. The van der Waals surface area contributed by atoms with Crippen LogP contribution in [0, 0.1) is 6.92 Å². The maximum Gasteiger partial charge on any atom is 0.256 e. The fourth-order valence-corrected chi connectivity index (χ4v) is 3.82. The number of thiazole rings is 1. The van der Waals surface area contributed by atoms with Gasteiger partial charge in [0, 0.05) is 37.6 Å². The van der Waals surface area contributed by atoms with Crippen molar-refractivity contribution in [2.45, 2.75) is 26.0 Å². The van der Waals surface area contributed by atoms with E-state index in [-0.39, 0.29) is 5.91 Å². The first-order valence-corrected chi connectivity index (χ1v) is 8.59. The molecule has 0 bridgehead atoms. The van der Waals surface area contributed by atoms with E-state index >= 15 is 0 Å². The molecule has 0 spiro atoms. The third-order valence-electron chi connectivity index (χ3n) is 4.32. The van der Waals surface area contributed by atoms with Crippen molar-refractivity contribution in [1.82, 2.24) is 14.8 Å². The summed E-state index contributed by atoms with van der Waals surface area (Å²) in [5.41, 5.74) is 2.20. The van der Waals surface area contributed by atoms with Gasteiger partial charge in [0.05, 0.1) is 31.0 Å². The van der Waals surface area contributed by atoms with Crippen LogP contribution in [-0.2, 0) is 20.8 Å². The summed E-state index contributed by atoms with van der Waals surface area (Å²) >= 11 is 1.67. The maximum absolute atomic E-state index is 12.8. The van der Waals surface area contributed by atoms with Crippen LogP contribution in [0.5, 0.6) is 0 Å². The van der Waals surface area contributed by atoms with Crippen LogP contribution >= 0.6 is 11.3 Å². The molecule has 0 aromatic carbocycles. The Morgan fingerprint density at radius 1 is 1.36 bits per heavy atom. The minimum Gasteiger partial charge on any atom is -0.378 e. The van der Waals surface area contributed by atoms with Gasteiger partial charge in [-0.15, -0.1) is 11.3 Å². The normalized spacial score (nSPS) is 27.1. The van der Waals surface area contributed by atoms with Crippen LogP contribution in [0.2, 0.25) is 0 Å². The first kappa shape index (κ1) is 15.9. The van der Waals surface area contributed by atoms with Crippen LogP contribution < -0.4 is 0 Å². The number of aromatic nitrogens is 1. The van der Waals surface area contributed by atoms with Crippen molar-refractivity contribution in [3.8, 4) is 0 Å².